The van der Waals surface area contributed by atoms with Gasteiger partial charge in [0, 0.05) is 19.1 Å². The zero-order chi connectivity index (χ0) is 12.1. The van der Waals surface area contributed by atoms with Gasteiger partial charge in [-0.25, -0.2) is 0 Å². The van der Waals surface area contributed by atoms with Crippen molar-refractivity contribution in [2.75, 3.05) is 26.2 Å². The molecule has 1 saturated heterocycles. The molecular weight excluding hydrogens is 208 g/mol. The van der Waals surface area contributed by atoms with Crippen LogP contribution in [0.2, 0.25) is 0 Å². The van der Waals surface area contributed by atoms with Crippen LogP contribution in [-0.4, -0.2) is 37.1 Å². The number of rotatable bonds is 7. The Balaban J connectivity index is 1.54. The third-order valence-electron chi connectivity index (χ3n) is 4.66. The molecule has 2 heteroatoms. The van der Waals surface area contributed by atoms with Crippen molar-refractivity contribution < 1.29 is 0 Å². The van der Waals surface area contributed by atoms with Crippen LogP contribution in [-0.2, 0) is 0 Å². The largest absolute Gasteiger partial charge is 0.314 e. The summed E-state index contributed by atoms with van der Waals surface area (Å²) < 4.78 is 0. The standard InChI is InChI=1S/C15H30N2/c1-3-9-16-13(2)6-5-10-17-11-14-7-4-8-15(14)12-17/h13-16H,3-12H2,1-2H3. The lowest BCUT2D eigenvalue weighted by molar-refractivity contribution is 0.297. The van der Waals surface area contributed by atoms with Gasteiger partial charge in [0.05, 0.1) is 0 Å². The van der Waals surface area contributed by atoms with Gasteiger partial charge in [-0.1, -0.05) is 13.3 Å². The molecule has 2 aliphatic rings. The molecule has 0 amide bonds. The summed E-state index contributed by atoms with van der Waals surface area (Å²) in [5.41, 5.74) is 0. The zero-order valence-corrected chi connectivity index (χ0v) is 11.8. The van der Waals surface area contributed by atoms with E-state index in [1.54, 1.807) is 0 Å². The third-order valence-corrected chi connectivity index (χ3v) is 4.66. The molecule has 17 heavy (non-hydrogen) atoms. The molecule has 0 bridgehead atoms. The minimum absolute atomic E-state index is 0.706. The summed E-state index contributed by atoms with van der Waals surface area (Å²) in [7, 11) is 0. The molecule has 2 nitrogen and oxygen atoms in total. The topological polar surface area (TPSA) is 15.3 Å². The van der Waals surface area contributed by atoms with Gasteiger partial charge in [-0.3, -0.25) is 0 Å². The first kappa shape index (κ1) is 13.4. The summed E-state index contributed by atoms with van der Waals surface area (Å²) in [6.45, 7) is 9.89. The maximum absolute atomic E-state index is 3.58. The average molecular weight is 238 g/mol. The summed E-state index contributed by atoms with van der Waals surface area (Å²) in [6, 6.07) is 0.706. The van der Waals surface area contributed by atoms with E-state index in [2.05, 4.69) is 24.1 Å². The van der Waals surface area contributed by atoms with Crippen molar-refractivity contribution in [3.8, 4) is 0 Å². The van der Waals surface area contributed by atoms with Crippen molar-refractivity contribution in [1.82, 2.24) is 10.2 Å². The molecule has 0 spiro atoms. The Morgan fingerprint density at radius 3 is 2.59 bits per heavy atom. The van der Waals surface area contributed by atoms with Gasteiger partial charge in [0.1, 0.15) is 0 Å². The van der Waals surface area contributed by atoms with E-state index in [0.29, 0.717) is 6.04 Å². The third kappa shape index (κ3) is 3.96. The van der Waals surface area contributed by atoms with Gasteiger partial charge in [-0.2, -0.15) is 0 Å². The molecule has 100 valence electrons. The second kappa shape index (κ2) is 6.75. The normalized spacial score (nSPS) is 30.7. The van der Waals surface area contributed by atoms with Crippen molar-refractivity contribution in [3.05, 3.63) is 0 Å². The quantitative estimate of drug-likeness (QED) is 0.733. The van der Waals surface area contributed by atoms with E-state index < -0.39 is 0 Å². The lowest BCUT2D eigenvalue weighted by Crippen LogP contribution is -2.29. The molecule has 3 atom stereocenters. The molecule has 2 fully saturated rings. The Kier molecular flexibility index (Phi) is 5.30. The SMILES string of the molecule is CCCNC(C)CCCN1CC2CCCC2C1. The van der Waals surface area contributed by atoms with Crippen LogP contribution in [0.25, 0.3) is 0 Å². The van der Waals surface area contributed by atoms with Crippen LogP contribution in [0.15, 0.2) is 0 Å². The van der Waals surface area contributed by atoms with Crippen molar-refractivity contribution >= 4 is 0 Å². The van der Waals surface area contributed by atoms with Crippen LogP contribution in [0, 0.1) is 11.8 Å². The van der Waals surface area contributed by atoms with Gasteiger partial charge in [-0.05, 0) is 64.0 Å². The minimum atomic E-state index is 0.706. The van der Waals surface area contributed by atoms with E-state index >= 15 is 0 Å². The van der Waals surface area contributed by atoms with Crippen molar-refractivity contribution in [2.24, 2.45) is 11.8 Å². The maximum atomic E-state index is 3.58. The molecule has 3 unspecified atom stereocenters. The summed E-state index contributed by atoms with van der Waals surface area (Å²) in [6.07, 6.45) is 8.48. The number of fused-ring (bicyclic) bond motifs is 1. The molecule has 1 aliphatic heterocycles. The Morgan fingerprint density at radius 2 is 1.94 bits per heavy atom. The second-order valence-electron chi connectivity index (χ2n) is 6.21. The van der Waals surface area contributed by atoms with Crippen LogP contribution in [0.1, 0.15) is 52.4 Å². The summed E-state index contributed by atoms with van der Waals surface area (Å²) in [5.74, 6) is 2.12. The molecule has 0 aromatic rings. The first-order valence-corrected chi connectivity index (χ1v) is 7.75. The lowest BCUT2D eigenvalue weighted by Gasteiger charge is -2.18. The van der Waals surface area contributed by atoms with E-state index in [-0.39, 0.29) is 0 Å². The number of nitrogens with one attached hydrogen (secondary N) is 1. The van der Waals surface area contributed by atoms with E-state index in [0.717, 1.165) is 11.8 Å². The summed E-state index contributed by atoms with van der Waals surface area (Å²) in [5, 5.41) is 3.58. The lowest BCUT2D eigenvalue weighted by atomic mass is 10.0. The highest BCUT2D eigenvalue weighted by Crippen LogP contribution is 2.37. The fourth-order valence-corrected chi connectivity index (χ4v) is 3.63. The monoisotopic (exact) mass is 238 g/mol. The Bertz CT molecular complexity index is 205. The van der Waals surface area contributed by atoms with Crippen LogP contribution in [0.4, 0.5) is 0 Å². The highest BCUT2D eigenvalue weighted by Gasteiger charge is 2.35. The Hall–Kier alpha value is -0.0800. The Labute approximate surface area is 107 Å². The second-order valence-corrected chi connectivity index (χ2v) is 6.21. The number of hydrogen-bond acceptors (Lipinski definition) is 2. The van der Waals surface area contributed by atoms with Gasteiger partial charge in [0.2, 0.25) is 0 Å². The summed E-state index contributed by atoms with van der Waals surface area (Å²) in [4.78, 5) is 2.72. The van der Waals surface area contributed by atoms with Gasteiger partial charge < -0.3 is 10.2 Å². The molecule has 1 aliphatic carbocycles. The molecular formula is C15H30N2. The smallest absolute Gasteiger partial charge is 0.00391 e. The highest BCUT2D eigenvalue weighted by molar-refractivity contribution is 4.88. The Morgan fingerprint density at radius 1 is 1.24 bits per heavy atom. The molecule has 1 saturated carbocycles. The van der Waals surface area contributed by atoms with Gasteiger partial charge in [-0.15, -0.1) is 0 Å². The fourth-order valence-electron chi connectivity index (χ4n) is 3.63. The van der Waals surface area contributed by atoms with E-state index in [9.17, 15) is 0 Å². The highest BCUT2D eigenvalue weighted by atomic mass is 15.2. The fraction of sp³-hybridized carbons (Fsp3) is 1.00. The van der Waals surface area contributed by atoms with Gasteiger partial charge in [0.15, 0.2) is 0 Å². The molecule has 0 radical (unpaired) electrons. The zero-order valence-electron chi connectivity index (χ0n) is 11.8. The van der Waals surface area contributed by atoms with Crippen LogP contribution >= 0.6 is 0 Å². The number of hydrogen-bond donors (Lipinski definition) is 1. The predicted octanol–water partition coefficient (Wildman–Crippen LogP) is 2.89. The van der Waals surface area contributed by atoms with Crippen LogP contribution in [0.5, 0.6) is 0 Å². The first-order chi connectivity index (χ1) is 8.29. The van der Waals surface area contributed by atoms with Crippen molar-refractivity contribution in [1.29, 1.82) is 0 Å². The molecule has 0 aromatic carbocycles. The van der Waals surface area contributed by atoms with Gasteiger partial charge >= 0.3 is 0 Å². The van der Waals surface area contributed by atoms with Crippen molar-refractivity contribution in [2.45, 2.75) is 58.4 Å². The molecule has 2 rings (SSSR count). The van der Waals surface area contributed by atoms with E-state index in [4.69, 9.17) is 0 Å². The first-order valence-electron chi connectivity index (χ1n) is 7.75. The van der Waals surface area contributed by atoms with Crippen molar-refractivity contribution in [3.63, 3.8) is 0 Å². The maximum Gasteiger partial charge on any atom is 0.00391 e. The van der Waals surface area contributed by atoms with Crippen LogP contribution < -0.4 is 5.32 Å². The number of likely N-dealkylation sites (tertiary alicyclic amines) is 1. The predicted molar refractivity (Wildman–Crippen MR) is 74.3 cm³/mol. The minimum Gasteiger partial charge on any atom is -0.314 e. The van der Waals surface area contributed by atoms with E-state index in [1.165, 1.54) is 64.7 Å². The van der Waals surface area contributed by atoms with Crippen LogP contribution in [0.3, 0.4) is 0 Å². The summed E-state index contributed by atoms with van der Waals surface area (Å²) >= 11 is 0. The van der Waals surface area contributed by atoms with E-state index in [1.807, 2.05) is 0 Å². The average Bonchev–Trinajstić information content (AvgIpc) is 2.86. The number of nitrogens with zero attached hydrogens (tertiary/aromatic N) is 1. The van der Waals surface area contributed by atoms with Gasteiger partial charge in [0.25, 0.3) is 0 Å². The molecule has 1 heterocycles. The molecule has 1 N–H and O–H groups in total. The molecule has 0 aromatic heterocycles.